The van der Waals surface area contributed by atoms with Crippen LogP contribution >= 0.6 is 0 Å². The molecule has 0 spiro atoms. The predicted octanol–water partition coefficient (Wildman–Crippen LogP) is 3.31. The average Bonchev–Trinajstić information content (AvgIpc) is 2.53. The topological polar surface area (TPSA) is 69.4 Å². The number of benzene rings is 2. The zero-order chi connectivity index (χ0) is 14.8. The van der Waals surface area contributed by atoms with E-state index in [1.165, 1.54) is 12.1 Å². The predicted molar refractivity (Wildman–Crippen MR) is 76.9 cm³/mol. The number of non-ortho nitro benzene ring substituents is 1. The molecular formula is C16H11NO4. The molecule has 1 atom stereocenters. The van der Waals surface area contributed by atoms with Crippen LogP contribution in [-0.2, 0) is 4.79 Å². The van der Waals surface area contributed by atoms with Gasteiger partial charge in [-0.1, -0.05) is 18.2 Å². The normalized spacial score (nSPS) is 16.4. The van der Waals surface area contributed by atoms with Crippen molar-refractivity contribution in [2.45, 2.75) is 5.92 Å². The Hall–Kier alpha value is -2.95. The van der Waals surface area contributed by atoms with Gasteiger partial charge < -0.3 is 9.53 Å². The fraction of sp³-hybridized carbons (Fsp3) is 0.0625. The van der Waals surface area contributed by atoms with Gasteiger partial charge in [0.05, 0.1) is 10.8 Å². The van der Waals surface area contributed by atoms with Crippen molar-refractivity contribution in [3.05, 3.63) is 75.8 Å². The maximum atomic E-state index is 11.3. The van der Waals surface area contributed by atoms with Crippen molar-refractivity contribution in [2.24, 2.45) is 0 Å². The third-order valence-electron chi connectivity index (χ3n) is 3.34. The molecule has 21 heavy (non-hydrogen) atoms. The molecule has 0 saturated carbocycles. The number of fused-ring (bicyclic) bond motifs is 1. The lowest BCUT2D eigenvalue weighted by molar-refractivity contribution is -0.384. The van der Waals surface area contributed by atoms with Gasteiger partial charge in [-0.25, -0.2) is 0 Å². The van der Waals surface area contributed by atoms with E-state index in [4.69, 9.17) is 4.74 Å². The highest BCUT2D eigenvalue weighted by Gasteiger charge is 2.22. The zero-order valence-corrected chi connectivity index (χ0v) is 10.9. The molecule has 0 fully saturated rings. The van der Waals surface area contributed by atoms with Gasteiger partial charge in [-0.2, -0.15) is 0 Å². The number of ether oxygens (including phenoxy) is 1. The van der Waals surface area contributed by atoms with Crippen molar-refractivity contribution in [3.8, 4) is 5.75 Å². The van der Waals surface area contributed by atoms with E-state index >= 15 is 0 Å². The monoisotopic (exact) mass is 281 g/mol. The van der Waals surface area contributed by atoms with Crippen LogP contribution in [0.5, 0.6) is 5.75 Å². The number of nitro groups is 1. The second-order valence-corrected chi connectivity index (χ2v) is 4.64. The average molecular weight is 281 g/mol. The van der Waals surface area contributed by atoms with Crippen LogP contribution in [0.1, 0.15) is 17.0 Å². The van der Waals surface area contributed by atoms with Gasteiger partial charge in [0.15, 0.2) is 0 Å². The van der Waals surface area contributed by atoms with E-state index in [2.05, 4.69) is 0 Å². The minimum Gasteiger partial charge on any atom is -0.457 e. The Bertz CT molecular complexity index is 734. The van der Waals surface area contributed by atoms with Gasteiger partial charge in [0.2, 0.25) is 0 Å². The third kappa shape index (κ3) is 2.41. The smallest absolute Gasteiger partial charge is 0.269 e. The number of nitrogens with zero attached hydrogens (tertiary/aromatic N) is 1. The van der Waals surface area contributed by atoms with E-state index < -0.39 is 4.92 Å². The number of aldehydes is 1. The summed E-state index contributed by atoms with van der Waals surface area (Å²) in [5, 5.41) is 10.7. The molecule has 1 heterocycles. The van der Waals surface area contributed by atoms with Crippen LogP contribution in [0.2, 0.25) is 0 Å². The van der Waals surface area contributed by atoms with Gasteiger partial charge in [0.25, 0.3) is 5.69 Å². The quantitative estimate of drug-likeness (QED) is 0.491. The SMILES string of the molecule is O=CC1C=C(c2ccc([N+](=O)[O-])cc2)Oc2ccccc21. The first-order valence-electron chi connectivity index (χ1n) is 6.38. The fourth-order valence-corrected chi connectivity index (χ4v) is 2.27. The highest BCUT2D eigenvalue weighted by Crippen LogP contribution is 2.36. The van der Waals surface area contributed by atoms with Gasteiger partial charge in [-0.05, 0) is 24.3 Å². The van der Waals surface area contributed by atoms with E-state index in [0.29, 0.717) is 17.1 Å². The Morgan fingerprint density at radius 1 is 1.10 bits per heavy atom. The van der Waals surface area contributed by atoms with Gasteiger partial charge in [0.1, 0.15) is 17.8 Å². The Labute approximate surface area is 120 Å². The van der Waals surface area contributed by atoms with E-state index in [9.17, 15) is 14.9 Å². The number of nitro benzene ring substituents is 1. The first-order valence-corrected chi connectivity index (χ1v) is 6.38. The second kappa shape index (κ2) is 5.20. The third-order valence-corrected chi connectivity index (χ3v) is 3.34. The molecule has 2 aromatic carbocycles. The molecule has 3 rings (SSSR count). The number of carbonyl (C=O) groups excluding carboxylic acids is 1. The molecule has 0 radical (unpaired) electrons. The molecular weight excluding hydrogens is 270 g/mol. The summed E-state index contributed by atoms with van der Waals surface area (Å²) >= 11 is 0. The van der Waals surface area contributed by atoms with E-state index in [0.717, 1.165) is 11.8 Å². The lowest BCUT2D eigenvalue weighted by Crippen LogP contribution is -2.09. The Morgan fingerprint density at radius 3 is 2.48 bits per heavy atom. The standard InChI is InChI=1S/C16H11NO4/c18-10-12-9-16(21-15-4-2-1-3-14(12)15)11-5-7-13(8-6-11)17(19)20/h1-10,12H. The van der Waals surface area contributed by atoms with Crippen LogP contribution in [0.25, 0.3) is 5.76 Å². The Morgan fingerprint density at radius 2 is 1.81 bits per heavy atom. The van der Waals surface area contributed by atoms with Crippen molar-refractivity contribution in [3.63, 3.8) is 0 Å². The van der Waals surface area contributed by atoms with Gasteiger partial charge in [0, 0.05) is 23.3 Å². The summed E-state index contributed by atoms with van der Waals surface area (Å²) < 4.78 is 5.78. The van der Waals surface area contributed by atoms with Crippen molar-refractivity contribution in [2.75, 3.05) is 0 Å². The van der Waals surface area contributed by atoms with Crippen LogP contribution in [0.3, 0.4) is 0 Å². The first-order chi connectivity index (χ1) is 10.2. The molecule has 5 heteroatoms. The maximum Gasteiger partial charge on any atom is 0.269 e. The molecule has 0 bridgehead atoms. The zero-order valence-electron chi connectivity index (χ0n) is 10.9. The maximum absolute atomic E-state index is 11.3. The van der Waals surface area contributed by atoms with E-state index in [-0.39, 0.29) is 11.6 Å². The van der Waals surface area contributed by atoms with Crippen molar-refractivity contribution < 1.29 is 14.5 Å². The molecule has 0 amide bonds. The summed E-state index contributed by atoms with van der Waals surface area (Å²) in [6.07, 6.45) is 2.57. The van der Waals surface area contributed by atoms with Crippen LogP contribution < -0.4 is 4.74 Å². The number of allylic oxidation sites excluding steroid dienone is 1. The summed E-state index contributed by atoms with van der Waals surface area (Å²) in [6, 6.07) is 13.4. The van der Waals surface area contributed by atoms with Gasteiger partial charge in [-0.3, -0.25) is 10.1 Å². The summed E-state index contributed by atoms with van der Waals surface area (Å²) in [5.41, 5.74) is 1.53. The molecule has 0 N–H and O–H groups in total. The fourth-order valence-electron chi connectivity index (χ4n) is 2.27. The van der Waals surface area contributed by atoms with E-state index in [1.807, 2.05) is 18.2 Å². The highest BCUT2D eigenvalue weighted by atomic mass is 16.6. The van der Waals surface area contributed by atoms with Crippen LogP contribution in [0.4, 0.5) is 5.69 Å². The second-order valence-electron chi connectivity index (χ2n) is 4.64. The van der Waals surface area contributed by atoms with Crippen molar-refractivity contribution >= 4 is 17.7 Å². The summed E-state index contributed by atoms with van der Waals surface area (Å²) in [6.45, 7) is 0. The molecule has 0 aliphatic carbocycles. The molecule has 2 aromatic rings. The number of hydrogen-bond acceptors (Lipinski definition) is 4. The lowest BCUT2D eigenvalue weighted by atomic mass is 9.95. The number of rotatable bonds is 3. The van der Waals surface area contributed by atoms with Gasteiger partial charge >= 0.3 is 0 Å². The molecule has 1 aliphatic rings. The largest absolute Gasteiger partial charge is 0.457 e. The van der Waals surface area contributed by atoms with Crippen LogP contribution in [-0.4, -0.2) is 11.2 Å². The van der Waals surface area contributed by atoms with Crippen molar-refractivity contribution in [1.29, 1.82) is 0 Å². The molecule has 1 aliphatic heterocycles. The molecule has 1 unspecified atom stereocenters. The number of carbonyl (C=O) groups is 1. The molecule has 0 saturated heterocycles. The minimum absolute atomic E-state index is 0.0162. The molecule has 0 aromatic heterocycles. The van der Waals surface area contributed by atoms with Crippen LogP contribution in [0, 0.1) is 10.1 Å². The summed E-state index contributed by atoms with van der Waals surface area (Å²) in [4.78, 5) is 21.5. The first kappa shape index (κ1) is 13.1. The summed E-state index contributed by atoms with van der Waals surface area (Å²) in [7, 11) is 0. The molecule has 104 valence electrons. The summed E-state index contributed by atoms with van der Waals surface area (Å²) in [5.74, 6) is 0.784. The van der Waals surface area contributed by atoms with Crippen molar-refractivity contribution in [1.82, 2.24) is 0 Å². The van der Waals surface area contributed by atoms with E-state index in [1.54, 1.807) is 24.3 Å². The van der Waals surface area contributed by atoms with Crippen LogP contribution in [0.15, 0.2) is 54.6 Å². The number of hydrogen-bond donors (Lipinski definition) is 0. The molecule has 5 nitrogen and oxygen atoms in total. The minimum atomic E-state index is -0.455. The Kier molecular flexibility index (Phi) is 3.23. The number of para-hydroxylation sites is 1. The highest BCUT2D eigenvalue weighted by molar-refractivity contribution is 5.77. The lowest BCUT2D eigenvalue weighted by Gasteiger charge is -2.21. The van der Waals surface area contributed by atoms with Gasteiger partial charge in [-0.15, -0.1) is 0 Å². The Balaban J connectivity index is 1.98.